The van der Waals surface area contributed by atoms with Crippen molar-refractivity contribution in [2.24, 2.45) is 0 Å². The minimum Gasteiger partial charge on any atom is -0.476 e. The molecule has 1 amide bonds. The number of carbonyl (C=O) groups is 2. The number of aromatic nitrogens is 1. The molecule has 0 aliphatic rings. The topological polar surface area (TPSA) is 79.3 Å². The molecule has 0 bridgehead atoms. The van der Waals surface area contributed by atoms with Crippen LogP contribution in [-0.4, -0.2) is 22.0 Å². The molecular formula is C14H14N2O3S. The standard InChI is InChI=1S/C14H14N2O3S/c1-9-2-4-10(5-3-9)6-7-12(17)16-14-15-11(8-20-14)13(18)19/h2-5,8H,6-7H2,1H3,(H,18,19)(H,15,16,17). The maximum absolute atomic E-state index is 11.7. The summed E-state index contributed by atoms with van der Waals surface area (Å²) in [4.78, 5) is 26.2. The van der Waals surface area contributed by atoms with Crippen LogP contribution in [0, 0.1) is 6.92 Å². The lowest BCUT2D eigenvalue weighted by Crippen LogP contribution is -2.12. The Labute approximate surface area is 120 Å². The zero-order chi connectivity index (χ0) is 14.5. The maximum Gasteiger partial charge on any atom is 0.355 e. The third-order valence-electron chi connectivity index (χ3n) is 2.73. The smallest absolute Gasteiger partial charge is 0.355 e. The van der Waals surface area contributed by atoms with Gasteiger partial charge in [0.25, 0.3) is 0 Å². The molecule has 0 aliphatic carbocycles. The first-order valence-corrected chi connectivity index (χ1v) is 6.97. The summed E-state index contributed by atoms with van der Waals surface area (Å²) in [5, 5.41) is 13.1. The van der Waals surface area contributed by atoms with E-state index in [0.717, 1.165) is 16.9 Å². The van der Waals surface area contributed by atoms with Crippen molar-refractivity contribution in [1.29, 1.82) is 0 Å². The van der Waals surface area contributed by atoms with Crippen molar-refractivity contribution >= 4 is 28.3 Å². The van der Waals surface area contributed by atoms with Gasteiger partial charge in [0.1, 0.15) is 0 Å². The second-order valence-electron chi connectivity index (χ2n) is 4.38. The van der Waals surface area contributed by atoms with Gasteiger partial charge in [0.15, 0.2) is 10.8 Å². The van der Waals surface area contributed by atoms with Crippen molar-refractivity contribution in [3.05, 3.63) is 46.5 Å². The van der Waals surface area contributed by atoms with Gasteiger partial charge in [-0.25, -0.2) is 9.78 Å². The van der Waals surface area contributed by atoms with Gasteiger partial charge in [-0.2, -0.15) is 0 Å². The first-order chi connectivity index (χ1) is 9.54. The molecule has 1 aromatic carbocycles. The average molecular weight is 290 g/mol. The van der Waals surface area contributed by atoms with Gasteiger partial charge in [-0.3, -0.25) is 4.79 Å². The largest absolute Gasteiger partial charge is 0.476 e. The summed E-state index contributed by atoms with van der Waals surface area (Å²) in [6.07, 6.45) is 0.980. The Morgan fingerprint density at radius 2 is 2.00 bits per heavy atom. The zero-order valence-corrected chi connectivity index (χ0v) is 11.7. The first kappa shape index (κ1) is 14.2. The van der Waals surface area contributed by atoms with Crippen molar-refractivity contribution in [1.82, 2.24) is 4.98 Å². The van der Waals surface area contributed by atoms with Gasteiger partial charge in [-0.15, -0.1) is 11.3 Å². The number of hydrogen-bond acceptors (Lipinski definition) is 4. The van der Waals surface area contributed by atoms with Crippen LogP contribution in [0.3, 0.4) is 0 Å². The predicted octanol–water partition coefficient (Wildman–Crippen LogP) is 2.72. The Morgan fingerprint density at radius 3 is 2.60 bits per heavy atom. The second kappa shape index (κ2) is 6.29. The van der Waals surface area contributed by atoms with E-state index in [1.807, 2.05) is 31.2 Å². The van der Waals surface area contributed by atoms with E-state index in [4.69, 9.17) is 5.11 Å². The fourth-order valence-electron chi connectivity index (χ4n) is 1.62. The third-order valence-corrected chi connectivity index (χ3v) is 3.49. The van der Waals surface area contributed by atoms with Gasteiger partial charge in [0.2, 0.25) is 5.91 Å². The molecule has 0 saturated heterocycles. The molecular weight excluding hydrogens is 276 g/mol. The highest BCUT2D eigenvalue weighted by Crippen LogP contribution is 2.16. The van der Waals surface area contributed by atoms with Crippen LogP contribution >= 0.6 is 11.3 Å². The van der Waals surface area contributed by atoms with Crippen molar-refractivity contribution in [3.8, 4) is 0 Å². The minimum absolute atomic E-state index is 0.0520. The highest BCUT2D eigenvalue weighted by molar-refractivity contribution is 7.14. The zero-order valence-electron chi connectivity index (χ0n) is 10.9. The summed E-state index contributed by atoms with van der Waals surface area (Å²) < 4.78 is 0. The van der Waals surface area contributed by atoms with Gasteiger partial charge in [0, 0.05) is 11.8 Å². The monoisotopic (exact) mass is 290 g/mol. The van der Waals surface area contributed by atoms with E-state index in [1.54, 1.807) is 0 Å². The number of rotatable bonds is 5. The molecule has 0 aliphatic heterocycles. The highest BCUT2D eigenvalue weighted by Gasteiger charge is 2.10. The summed E-state index contributed by atoms with van der Waals surface area (Å²) in [5.41, 5.74) is 2.22. The van der Waals surface area contributed by atoms with E-state index in [2.05, 4.69) is 10.3 Å². The van der Waals surface area contributed by atoms with Crippen LogP contribution < -0.4 is 5.32 Å². The molecule has 2 N–H and O–H groups in total. The van der Waals surface area contributed by atoms with E-state index < -0.39 is 5.97 Å². The number of nitrogens with zero attached hydrogens (tertiary/aromatic N) is 1. The Balaban J connectivity index is 1.85. The molecule has 1 heterocycles. The van der Waals surface area contributed by atoms with Gasteiger partial charge >= 0.3 is 5.97 Å². The fraction of sp³-hybridized carbons (Fsp3) is 0.214. The fourth-order valence-corrected chi connectivity index (χ4v) is 2.32. The maximum atomic E-state index is 11.7. The van der Waals surface area contributed by atoms with Crippen LogP contribution in [0.1, 0.15) is 28.0 Å². The number of amides is 1. The summed E-state index contributed by atoms with van der Waals surface area (Å²) in [6.45, 7) is 2.01. The third kappa shape index (κ3) is 3.89. The molecule has 0 saturated carbocycles. The number of carbonyl (C=O) groups excluding carboxylic acids is 1. The molecule has 2 rings (SSSR count). The predicted molar refractivity (Wildman–Crippen MR) is 77.2 cm³/mol. The van der Waals surface area contributed by atoms with Crippen molar-refractivity contribution in [2.45, 2.75) is 19.8 Å². The van der Waals surface area contributed by atoms with Crippen molar-refractivity contribution in [2.75, 3.05) is 5.32 Å². The number of nitrogens with one attached hydrogen (secondary N) is 1. The lowest BCUT2D eigenvalue weighted by atomic mass is 10.1. The molecule has 6 heteroatoms. The number of carboxylic acid groups (broad SMARTS) is 1. The molecule has 20 heavy (non-hydrogen) atoms. The Bertz CT molecular complexity index is 620. The Hall–Kier alpha value is -2.21. The number of anilines is 1. The molecule has 1 aromatic heterocycles. The average Bonchev–Trinajstić information content (AvgIpc) is 2.87. The molecule has 2 aromatic rings. The van der Waals surface area contributed by atoms with Crippen LogP contribution in [0.15, 0.2) is 29.6 Å². The van der Waals surface area contributed by atoms with E-state index in [-0.39, 0.29) is 11.6 Å². The summed E-state index contributed by atoms with van der Waals surface area (Å²) >= 11 is 1.11. The Morgan fingerprint density at radius 1 is 1.30 bits per heavy atom. The number of benzene rings is 1. The van der Waals surface area contributed by atoms with E-state index in [1.165, 1.54) is 10.9 Å². The molecule has 0 radical (unpaired) electrons. The molecule has 104 valence electrons. The second-order valence-corrected chi connectivity index (χ2v) is 5.23. The van der Waals surface area contributed by atoms with E-state index >= 15 is 0 Å². The first-order valence-electron chi connectivity index (χ1n) is 6.09. The van der Waals surface area contributed by atoms with E-state index in [0.29, 0.717) is 18.0 Å². The number of aromatic carboxylic acids is 1. The summed E-state index contributed by atoms with van der Waals surface area (Å²) in [5.74, 6) is -1.27. The van der Waals surface area contributed by atoms with Gasteiger partial charge in [0.05, 0.1) is 0 Å². The SMILES string of the molecule is Cc1ccc(CCC(=O)Nc2nc(C(=O)O)cs2)cc1. The minimum atomic E-state index is -1.10. The molecule has 0 atom stereocenters. The van der Waals surface area contributed by atoms with Crippen LogP contribution in [0.4, 0.5) is 5.13 Å². The molecule has 0 spiro atoms. The highest BCUT2D eigenvalue weighted by atomic mass is 32.1. The summed E-state index contributed by atoms with van der Waals surface area (Å²) in [6, 6.07) is 8.00. The quantitative estimate of drug-likeness (QED) is 0.887. The van der Waals surface area contributed by atoms with Crippen LogP contribution in [0.5, 0.6) is 0 Å². The van der Waals surface area contributed by atoms with Crippen molar-refractivity contribution < 1.29 is 14.7 Å². The number of thiazole rings is 1. The van der Waals surface area contributed by atoms with Gasteiger partial charge in [-0.05, 0) is 18.9 Å². The Kier molecular flexibility index (Phi) is 4.47. The van der Waals surface area contributed by atoms with Crippen LogP contribution in [0.2, 0.25) is 0 Å². The molecule has 5 nitrogen and oxygen atoms in total. The van der Waals surface area contributed by atoms with Crippen LogP contribution in [0.25, 0.3) is 0 Å². The molecule has 0 fully saturated rings. The normalized spacial score (nSPS) is 10.2. The number of hydrogen-bond donors (Lipinski definition) is 2. The van der Waals surface area contributed by atoms with Crippen molar-refractivity contribution in [3.63, 3.8) is 0 Å². The molecule has 0 unspecified atom stereocenters. The van der Waals surface area contributed by atoms with E-state index in [9.17, 15) is 9.59 Å². The number of aryl methyl sites for hydroxylation is 2. The number of carboxylic acids is 1. The lowest BCUT2D eigenvalue weighted by Gasteiger charge is -2.02. The van der Waals surface area contributed by atoms with Gasteiger partial charge in [-0.1, -0.05) is 29.8 Å². The van der Waals surface area contributed by atoms with Gasteiger partial charge < -0.3 is 10.4 Å². The summed E-state index contributed by atoms with van der Waals surface area (Å²) in [7, 11) is 0. The lowest BCUT2D eigenvalue weighted by molar-refractivity contribution is -0.116. The van der Waals surface area contributed by atoms with Crippen LogP contribution in [-0.2, 0) is 11.2 Å².